The number of rotatable bonds is 9. The number of oxime groups is 1. The van der Waals surface area contributed by atoms with Crippen LogP contribution in [-0.4, -0.2) is 11.7 Å². The number of para-hydroxylation sites is 2. The predicted octanol–water partition coefficient (Wildman–Crippen LogP) is 6.43. The third-order valence-corrected chi connectivity index (χ3v) is 5.86. The minimum absolute atomic E-state index is 0.133. The molecule has 0 atom stereocenters. The highest BCUT2D eigenvalue weighted by Gasteiger charge is 2.33. The average molecular weight is 502 g/mol. The van der Waals surface area contributed by atoms with Crippen molar-refractivity contribution in [2.24, 2.45) is 10.5 Å². The Balaban J connectivity index is 1.58. The molecule has 3 aromatic carbocycles. The Morgan fingerprint density at radius 2 is 1.19 bits per heavy atom. The molecular formula is C26H19N2O7P. The lowest BCUT2D eigenvalue weighted by Crippen LogP contribution is -2.07. The number of phosphoric acid groups is 1. The number of carbonyl (C=O) groups excluding carboxylic acids is 1. The van der Waals surface area contributed by atoms with Gasteiger partial charge in [0.25, 0.3) is 0 Å². The van der Waals surface area contributed by atoms with Crippen LogP contribution in [0.2, 0.25) is 0 Å². The quantitative estimate of drug-likeness (QED) is 0.143. The summed E-state index contributed by atoms with van der Waals surface area (Å²) < 4.78 is 29.7. The summed E-state index contributed by atoms with van der Waals surface area (Å²) in [6.07, 6.45) is 6.18. The first-order valence-corrected chi connectivity index (χ1v) is 12.1. The van der Waals surface area contributed by atoms with Gasteiger partial charge in [0.05, 0.1) is 5.57 Å². The normalized spacial score (nSPS) is 12.4. The second kappa shape index (κ2) is 11.6. The fourth-order valence-corrected chi connectivity index (χ4v) is 4.20. The molecule has 0 amide bonds. The molecule has 0 spiro atoms. The van der Waals surface area contributed by atoms with Crippen molar-refractivity contribution in [3.05, 3.63) is 131 Å². The second-order valence-electron chi connectivity index (χ2n) is 7.17. The van der Waals surface area contributed by atoms with Crippen molar-refractivity contribution in [1.82, 2.24) is 0 Å². The Morgan fingerprint density at radius 3 is 1.69 bits per heavy atom. The number of hydrogen-bond donors (Lipinski definition) is 0. The summed E-state index contributed by atoms with van der Waals surface area (Å²) in [7, 11) is -4.23. The van der Waals surface area contributed by atoms with Crippen molar-refractivity contribution in [1.29, 1.82) is 0 Å². The molecule has 0 radical (unpaired) electrons. The number of phosphoric ester groups is 1. The number of carbonyl (C=O) groups is 1. The fraction of sp³-hybridized carbons (Fsp3) is 0. The highest BCUT2D eigenvalue weighted by Crippen LogP contribution is 2.50. The van der Waals surface area contributed by atoms with Crippen LogP contribution in [-0.2, 0) is 18.8 Å². The number of benzene rings is 3. The van der Waals surface area contributed by atoms with Gasteiger partial charge in [0.2, 0.25) is 0 Å². The van der Waals surface area contributed by atoms with Crippen molar-refractivity contribution in [3.63, 3.8) is 0 Å². The van der Waals surface area contributed by atoms with E-state index in [0.29, 0.717) is 11.1 Å². The van der Waals surface area contributed by atoms with Gasteiger partial charge in [-0.2, -0.15) is 4.57 Å². The van der Waals surface area contributed by atoms with E-state index in [1.807, 2.05) is 0 Å². The van der Waals surface area contributed by atoms with Crippen LogP contribution in [0, 0.1) is 4.91 Å². The molecule has 10 heteroatoms. The van der Waals surface area contributed by atoms with Crippen molar-refractivity contribution < 1.29 is 27.9 Å². The molecule has 9 nitrogen and oxygen atoms in total. The van der Waals surface area contributed by atoms with Gasteiger partial charge in [-0.3, -0.25) is 9.46 Å². The van der Waals surface area contributed by atoms with E-state index in [1.54, 1.807) is 103 Å². The first-order chi connectivity index (χ1) is 17.6. The summed E-state index contributed by atoms with van der Waals surface area (Å²) in [4.78, 5) is 27.2. The molecule has 0 aliphatic heterocycles. The van der Waals surface area contributed by atoms with E-state index in [9.17, 15) is 14.3 Å². The molecule has 0 saturated carbocycles. The SMILES string of the molecule is O=NOC(=O)C(=C1C=CC(=NOP(=O)(Oc2ccccc2)Oc2ccccc2)C=C1)c1ccccc1. The Kier molecular flexibility index (Phi) is 7.85. The zero-order valence-electron chi connectivity index (χ0n) is 18.7. The van der Waals surface area contributed by atoms with Crippen LogP contribution in [0.1, 0.15) is 5.56 Å². The summed E-state index contributed by atoms with van der Waals surface area (Å²) in [5, 5.41) is 6.15. The first-order valence-electron chi connectivity index (χ1n) is 10.6. The van der Waals surface area contributed by atoms with Gasteiger partial charge < -0.3 is 9.05 Å². The number of nitrogens with zero attached hydrogens (tertiary/aromatic N) is 2. The van der Waals surface area contributed by atoms with Crippen LogP contribution >= 0.6 is 7.82 Å². The van der Waals surface area contributed by atoms with Crippen LogP contribution in [0.3, 0.4) is 0 Å². The maximum atomic E-state index is 13.4. The molecule has 0 saturated heterocycles. The molecule has 180 valence electrons. The fourth-order valence-electron chi connectivity index (χ4n) is 3.15. The summed E-state index contributed by atoms with van der Waals surface area (Å²) in [5.74, 6) is -0.368. The van der Waals surface area contributed by atoms with Crippen molar-refractivity contribution in [2.75, 3.05) is 0 Å². The van der Waals surface area contributed by atoms with Gasteiger partial charge in [-0.15, -0.1) is 4.91 Å². The van der Waals surface area contributed by atoms with Gasteiger partial charge in [0, 0.05) is 0 Å². The van der Waals surface area contributed by atoms with Crippen LogP contribution < -0.4 is 9.05 Å². The van der Waals surface area contributed by atoms with E-state index < -0.39 is 13.8 Å². The molecule has 0 aromatic heterocycles. The van der Waals surface area contributed by atoms with Gasteiger partial charge >= 0.3 is 13.8 Å². The molecule has 0 N–H and O–H groups in total. The van der Waals surface area contributed by atoms with Gasteiger partial charge in [-0.05, 0) is 47.6 Å². The minimum Gasteiger partial charge on any atom is -0.385 e. The van der Waals surface area contributed by atoms with E-state index in [4.69, 9.17) is 13.7 Å². The Morgan fingerprint density at radius 1 is 0.694 bits per heavy atom. The number of allylic oxidation sites excluding steroid dienone is 5. The predicted molar refractivity (Wildman–Crippen MR) is 134 cm³/mol. The third kappa shape index (κ3) is 6.43. The van der Waals surface area contributed by atoms with E-state index >= 15 is 0 Å². The molecule has 1 aliphatic rings. The average Bonchev–Trinajstić information content (AvgIpc) is 2.90. The van der Waals surface area contributed by atoms with Crippen LogP contribution in [0.4, 0.5) is 0 Å². The van der Waals surface area contributed by atoms with Crippen molar-refractivity contribution in [2.45, 2.75) is 0 Å². The van der Waals surface area contributed by atoms with E-state index in [-0.39, 0.29) is 22.8 Å². The van der Waals surface area contributed by atoms with Gasteiger partial charge in [-0.25, -0.2) is 4.79 Å². The van der Waals surface area contributed by atoms with E-state index in [1.165, 1.54) is 12.2 Å². The molecule has 0 fully saturated rings. The van der Waals surface area contributed by atoms with Crippen LogP contribution in [0.5, 0.6) is 11.5 Å². The summed E-state index contributed by atoms with van der Waals surface area (Å²) >= 11 is 0. The zero-order chi connectivity index (χ0) is 25.2. The second-order valence-corrected chi connectivity index (χ2v) is 8.59. The smallest absolute Gasteiger partial charge is 0.385 e. The third-order valence-electron chi connectivity index (χ3n) is 4.71. The summed E-state index contributed by atoms with van der Waals surface area (Å²) in [6, 6.07) is 25.5. The lowest BCUT2D eigenvalue weighted by atomic mass is 9.96. The van der Waals surface area contributed by atoms with E-state index in [0.717, 1.165) is 0 Å². The maximum absolute atomic E-state index is 13.4. The molecule has 36 heavy (non-hydrogen) atoms. The maximum Gasteiger partial charge on any atom is 0.668 e. The molecule has 0 unspecified atom stereocenters. The van der Waals surface area contributed by atoms with Crippen molar-refractivity contribution in [3.8, 4) is 11.5 Å². The first kappa shape index (κ1) is 24.4. The van der Waals surface area contributed by atoms with Gasteiger partial charge in [0.1, 0.15) is 17.2 Å². The molecule has 0 bridgehead atoms. The molecule has 0 heterocycles. The Hall–Kier alpha value is -4.75. The zero-order valence-corrected chi connectivity index (χ0v) is 19.6. The monoisotopic (exact) mass is 502 g/mol. The lowest BCUT2D eigenvalue weighted by Gasteiger charge is -2.16. The minimum atomic E-state index is -4.23. The lowest BCUT2D eigenvalue weighted by molar-refractivity contribution is -0.136. The molecule has 1 aliphatic carbocycles. The van der Waals surface area contributed by atoms with Crippen LogP contribution in [0.15, 0.2) is 131 Å². The number of hydrogen-bond acceptors (Lipinski definition) is 9. The molecule has 4 rings (SSSR count). The highest BCUT2D eigenvalue weighted by molar-refractivity contribution is 7.49. The molecular weight excluding hydrogens is 483 g/mol. The van der Waals surface area contributed by atoms with E-state index in [2.05, 4.69) is 15.3 Å². The Bertz CT molecular complexity index is 1320. The summed E-state index contributed by atoms with van der Waals surface area (Å²) in [6.45, 7) is 0. The Labute approximate surface area is 206 Å². The molecule has 3 aromatic rings. The van der Waals surface area contributed by atoms with Gasteiger partial charge in [-0.1, -0.05) is 84.0 Å². The summed E-state index contributed by atoms with van der Waals surface area (Å²) in [5.41, 5.74) is 1.37. The van der Waals surface area contributed by atoms with Crippen molar-refractivity contribution >= 4 is 25.1 Å². The van der Waals surface area contributed by atoms with Gasteiger partial charge in [0.15, 0.2) is 5.34 Å². The standard InChI is InChI=1S/C26H19N2O7P/c29-26(32-28-30)25(20-10-4-1-5-11-20)21-16-18-22(19-17-21)27-35-36(31,33-23-12-6-2-7-13-23)34-24-14-8-3-9-15-24/h1-19H. The topological polar surface area (TPSA) is 113 Å². The highest BCUT2D eigenvalue weighted by atomic mass is 31.2. The van der Waals surface area contributed by atoms with Crippen LogP contribution in [0.25, 0.3) is 5.57 Å². The largest absolute Gasteiger partial charge is 0.668 e.